The molecule has 0 radical (unpaired) electrons. The van der Waals surface area contributed by atoms with Crippen molar-refractivity contribution < 1.29 is 9.59 Å². The summed E-state index contributed by atoms with van der Waals surface area (Å²) < 4.78 is 1.67. The second kappa shape index (κ2) is 5.16. The fourth-order valence-corrected chi connectivity index (χ4v) is 3.35. The van der Waals surface area contributed by atoms with E-state index in [2.05, 4.69) is 10.4 Å². The van der Waals surface area contributed by atoms with Crippen LogP contribution < -0.4 is 5.32 Å². The van der Waals surface area contributed by atoms with Gasteiger partial charge in [-0.2, -0.15) is 5.10 Å². The minimum Gasteiger partial charge on any atom is -0.356 e. The number of likely N-dealkylation sites (tertiary alicyclic amines) is 1. The van der Waals surface area contributed by atoms with E-state index >= 15 is 0 Å². The maximum atomic E-state index is 12.6. The number of aryl methyl sites for hydroxylation is 2. The summed E-state index contributed by atoms with van der Waals surface area (Å²) in [4.78, 5) is 25.9. The molecule has 2 aliphatic heterocycles. The summed E-state index contributed by atoms with van der Waals surface area (Å²) in [6, 6.07) is 1.88. The van der Waals surface area contributed by atoms with Crippen LogP contribution in [-0.2, 0) is 18.3 Å². The lowest BCUT2D eigenvalue weighted by molar-refractivity contribution is -0.119. The van der Waals surface area contributed by atoms with Gasteiger partial charge in [-0.15, -0.1) is 0 Å². The van der Waals surface area contributed by atoms with Gasteiger partial charge in [-0.25, -0.2) is 0 Å². The van der Waals surface area contributed by atoms with Crippen LogP contribution in [0.4, 0.5) is 0 Å². The fraction of sp³-hybridized carbons (Fsp3) is 0.667. The van der Waals surface area contributed by atoms with Crippen molar-refractivity contribution >= 4 is 11.8 Å². The molecule has 0 saturated carbocycles. The van der Waals surface area contributed by atoms with Crippen LogP contribution in [0.1, 0.15) is 42.4 Å². The average Bonchev–Trinajstić information content (AvgIpc) is 3.03. The molecule has 0 bridgehead atoms. The van der Waals surface area contributed by atoms with Crippen molar-refractivity contribution in [2.75, 3.05) is 19.6 Å². The Morgan fingerprint density at radius 2 is 2.14 bits per heavy atom. The molecule has 6 heteroatoms. The SMILES string of the molecule is CCc1cc(C(=O)N2CCC3(CC2)CNC(=O)C3)n(C)n1. The number of carbonyl (C=O) groups is 2. The minimum atomic E-state index is 0.0526. The quantitative estimate of drug-likeness (QED) is 0.873. The van der Waals surface area contributed by atoms with Crippen LogP contribution in [0.5, 0.6) is 0 Å². The number of amides is 2. The van der Waals surface area contributed by atoms with Crippen molar-refractivity contribution in [3.05, 3.63) is 17.5 Å². The van der Waals surface area contributed by atoms with Crippen molar-refractivity contribution in [1.29, 1.82) is 0 Å². The van der Waals surface area contributed by atoms with E-state index in [1.54, 1.807) is 4.68 Å². The molecule has 3 heterocycles. The van der Waals surface area contributed by atoms with E-state index in [0.717, 1.165) is 44.6 Å². The molecular weight excluding hydrogens is 268 g/mol. The van der Waals surface area contributed by atoms with Crippen molar-refractivity contribution in [3.63, 3.8) is 0 Å². The Morgan fingerprint density at radius 1 is 1.43 bits per heavy atom. The number of nitrogens with zero attached hydrogens (tertiary/aromatic N) is 3. The second-order valence-electron chi connectivity index (χ2n) is 6.24. The number of rotatable bonds is 2. The van der Waals surface area contributed by atoms with Crippen molar-refractivity contribution in [2.45, 2.75) is 32.6 Å². The highest BCUT2D eigenvalue weighted by atomic mass is 16.2. The summed E-state index contributed by atoms with van der Waals surface area (Å²) in [6.07, 6.45) is 3.24. The zero-order valence-corrected chi connectivity index (χ0v) is 12.7. The minimum absolute atomic E-state index is 0.0526. The Hall–Kier alpha value is -1.85. The van der Waals surface area contributed by atoms with E-state index in [9.17, 15) is 9.59 Å². The molecule has 1 N–H and O–H groups in total. The van der Waals surface area contributed by atoms with Gasteiger partial charge in [0.15, 0.2) is 0 Å². The third-order valence-corrected chi connectivity index (χ3v) is 4.82. The van der Waals surface area contributed by atoms with Gasteiger partial charge < -0.3 is 10.2 Å². The molecular formula is C15H22N4O2. The fourth-order valence-electron chi connectivity index (χ4n) is 3.35. The summed E-state index contributed by atoms with van der Waals surface area (Å²) in [5, 5.41) is 7.26. The van der Waals surface area contributed by atoms with Gasteiger partial charge in [0.2, 0.25) is 5.91 Å². The number of nitrogens with one attached hydrogen (secondary N) is 1. The van der Waals surface area contributed by atoms with Crippen molar-refractivity contribution in [1.82, 2.24) is 20.0 Å². The van der Waals surface area contributed by atoms with Gasteiger partial charge in [-0.1, -0.05) is 6.92 Å². The molecule has 0 aromatic carbocycles. The van der Waals surface area contributed by atoms with Gasteiger partial charge in [-0.05, 0) is 30.7 Å². The largest absolute Gasteiger partial charge is 0.356 e. The summed E-state index contributed by atoms with van der Waals surface area (Å²) >= 11 is 0. The Bertz CT molecular complexity index is 570. The number of piperidine rings is 1. The first-order chi connectivity index (χ1) is 10.0. The van der Waals surface area contributed by atoms with Gasteiger partial charge >= 0.3 is 0 Å². The van der Waals surface area contributed by atoms with E-state index in [1.807, 2.05) is 24.9 Å². The average molecular weight is 290 g/mol. The topological polar surface area (TPSA) is 67.2 Å². The van der Waals surface area contributed by atoms with Crippen LogP contribution in [0.25, 0.3) is 0 Å². The summed E-state index contributed by atoms with van der Waals surface area (Å²) in [6.45, 7) is 4.24. The lowest BCUT2D eigenvalue weighted by Gasteiger charge is -2.38. The van der Waals surface area contributed by atoms with E-state index in [0.29, 0.717) is 12.1 Å². The summed E-state index contributed by atoms with van der Waals surface area (Å²) in [5.41, 5.74) is 1.68. The zero-order chi connectivity index (χ0) is 15.0. The third kappa shape index (κ3) is 2.54. The van der Waals surface area contributed by atoms with Gasteiger partial charge in [0.05, 0.1) is 5.69 Å². The molecule has 1 aromatic heterocycles. The van der Waals surface area contributed by atoms with Crippen molar-refractivity contribution in [2.24, 2.45) is 12.5 Å². The van der Waals surface area contributed by atoms with Crippen LogP contribution in [0.2, 0.25) is 0 Å². The molecule has 2 aliphatic rings. The van der Waals surface area contributed by atoms with Crippen molar-refractivity contribution in [3.8, 4) is 0 Å². The second-order valence-corrected chi connectivity index (χ2v) is 6.24. The van der Waals surface area contributed by atoms with E-state index < -0.39 is 0 Å². The van der Waals surface area contributed by atoms with Gasteiger partial charge in [-0.3, -0.25) is 14.3 Å². The molecule has 6 nitrogen and oxygen atoms in total. The van der Waals surface area contributed by atoms with Gasteiger partial charge in [0, 0.05) is 33.1 Å². The highest BCUT2D eigenvalue weighted by Gasteiger charge is 2.41. The van der Waals surface area contributed by atoms with Crippen LogP contribution in [0.15, 0.2) is 6.07 Å². The van der Waals surface area contributed by atoms with E-state index in [1.165, 1.54) is 0 Å². The van der Waals surface area contributed by atoms with Crippen LogP contribution >= 0.6 is 0 Å². The number of carbonyl (C=O) groups excluding carboxylic acids is 2. The molecule has 114 valence electrons. The highest BCUT2D eigenvalue weighted by Crippen LogP contribution is 2.37. The Kier molecular flexibility index (Phi) is 3.47. The summed E-state index contributed by atoms with van der Waals surface area (Å²) in [7, 11) is 1.82. The third-order valence-electron chi connectivity index (χ3n) is 4.82. The Morgan fingerprint density at radius 3 is 2.67 bits per heavy atom. The Balaban J connectivity index is 1.67. The molecule has 1 aromatic rings. The number of hydrogen-bond donors (Lipinski definition) is 1. The number of aromatic nitrogens is 2. The summed E-state index contributed by atoms with van der Waals surface area (Å²) in [5.74, 6) is 0.200. The molecule has 2 amide bonds. The van der Waals surface area contributed by atoms with Crippen LogP contribution in [-0.4, -0.2) is 46.1 Å². The first-order valence-electron chi connectivity index (χ1n) is 7.62. The first kappa shape index (κ1) is 14.1. The maximum Gasteiger partial charge on any atom is 0.272 e. The molecule has 2 saturated heterocycles. The molecule has 0 unspecified atom stereocenters. The molecule has 0 aliphatic carbocycles. The Labute approximate surface area is 124 Å². The normalized spacial score (nSPS) is 20.9. The van der Waals surface area contributed by atoms with Crippen LogP contribution in [0.3, 0.4) is 0 Å². The lowest BCUT2D eigenvalue weighted by Crippen LogP contribution is -2.44. The molecule has 2 fully saturated rings. The predicted molar refractivity (Wildman–Crippen MR) is 77.8 cm³/mol. The first-order valence-corrected chi connectivity index (χ1v) is 7.62. The molecule has 21 heavy (non-hydrogen) atoms. The molecule has 1 spiro atoms. The van der Waals surface area contributed by atoms with Gasteiger partial charge in [0.25, 0.3) is 5.91 Å². The predicted octanol–water partition coefficient (Wildman–Crippen LogP) is 0.725. The van der Waals surface area contributed by atoms with E-state index in [-0.39, 0.29) is 17.2 Å². The number of hydrogen-bond acceptors (Lipinski definition) is 3. The molecule has 0 atom stereocenters. The standard InChI is InChI=1S/C15H22N4O2/c1-3-11-8-12(18(2)17-11)14(21)19-6-4-15(5-7-19)9-13(20)16-10-15/h8H,3-7,9-10H2,1-2H3,(H,16,20). The molecule has 3 rings (SSSR count). The monoisotopic (exact) mass is 290 g/mol. The smallest absolute Gasteiger partial charge is 0.272 e. The maximum absolute atomic E-state index is 12.6. The van der Waals surface area contributed by atoms with Gasteiger partial charge in [0.1, 0.15) is 5.69 Å². The highest BCUT2D eigenvalue weighted by molar-refractivity contribution is 5.92. The van der Waals surface area contributed by atoms with E-state index in [4.69, 9.17) is 0 Å². The zero-order valence-electron chi connectivity index (χ0n) is 12.7. The lowest BCUT2D eigenvalue weighted by atomic mass is 9.77. The van der Waals surface area contributed by atoms with Crippen LogP contribution in [0, 0.1) is 5.41 Å².